The monoisotopic (exact) mass is 431 g/mol. The van der Waals surface area contributed by atoms with Gasteiger partial charge >= 0.3 is 11.9 Å². The number of hydrogen-bond donors (Lipinski definition) is 2. The van der Waals surface area contributed by atoms with Gasteiger partial charge < -0.3 is 24.5 Å². The number of aliphatic carboxylic acids is 2. The van der Waals surface area contributed by atoms with E-state index in [0.29, 0.717) is 36.1 Å². The molecule has 2 aromatic carbocycles. The molecule has 0 aliphatic carbocycles. The number of carboxylic acids is 2. The number of methoxy groups -OCH3 is 2. The molecule has 1 unspecified atom stereocenters. The van der Waals surface area contributed by atoms with Gasteiger partial charge in [0.1, 0.15) is 5.82 Å². The Bertz CT molecular complexity index is 1020. The molecular formula is C22H22FNO7. The first-order valence-corrected chi connectivity index (χ1v) is 9.46. The molecule has 0 saturated heterocycles. The lowest BCUT2D eigenvalue weighted by molar-refractivity contribution is -0.135. The average Bonchev–Trinajstić information content (AvgIpc) is 2.89. The molecule has 2 N–H and O–H groups in total. The van der Waals surface area contributed by atoms with Gasteiger partial charge in [0.15, 0.2) is 17.2 Å². The number of rotatable bonds is 7. The fourth-order valence-electron chi connectivity index (χ4n) is 3.54. The maximum atomic E-state index is 13.7. The molecule has 1 aliphatic rings. The van der Waals surface area contributed by atoms with E-state index in [2.05, 4.69) is 0 Å². The molecular weight excluding hydrogens is 409 g/mol. The highest BCUT2D eigenvalue weighted by atomic mass is 19.1. The van der Waals surface area contributed by atoms with Crippen molar-refractivity contribution in [3.8, 4) is 17.2 Å². The van der Waals surface area contributed by atoms with Crippen LogP contribution in [0, 0.1) is 11.7 Å². The van der Waals surface area contributed by atoms with Crippen LogP contribution in [-0.4, -0.2) is 42.9 Å². The van der Waals surface area contributed by atoms with Crippen molar-refractivity contribution in [3.63, 3.8) is 0 Å². The van der Waals surface area contributed by atoms with Crippen LogP contribution >= 0.6 is 0 Å². The summed E-state index contributed by atoms with van der Waals surface area (Å²) in [6, 6.07) is 8.98. The lowest BCUT2D eigenvalue weighted by atomic mass is 9.93. The van der Waals surface area contributed by atoms with E-state index in [4.69, 9.17) is 19.4 Å². The minimum Gasteiger partial charge on any atom is -0.493 e. The number of benzene rings is 2. The highest BCUT2D eigenvalue weighted by molar-refractivity contribution is 5.95. The van der Waals surface area contributed by atoms with Crippen LogP contribution in [-0.2, 0) is 16.0 Å². The first-order valence-electron chi connectivity index (χ1n) is 9.46. The number of carbonyl (C=O) groups is 2. The molecule has 0 spiro atoms. The lowest BCUT2D eigenvalue weighted by Gasteiger charge is -2.28. The molecule has 9 heteroatoms. The number of nitrogens with zero attached hydrogens (tertiary/aromatic N) is 1. The molecule has 0 bridgehead atoms. The van der Waals surface area contributed by atoms with Gasteiger partial charge in [-0.2, -0.15) is 0 Å². The Labute approximate surface area is 178 Å². The number of halogens is 1. The molecule has 31 heavy (non-hydrogen) atoms. The largest absolute Gasteiger partial charge is 0.493 e. The second-order valence-electron chi connectivity index (χ2n) is 6.92. The molecule has 3 rings (SSSR count). The van der Waals surface area contributed by atoms with E-state index in [1.807, 2.05) is 0 Å². The number of fused-ring (bicyclic) bond motifs is 1. The maximum Gasteiger partial charge on any atom is 0.332 e. The van der Waals surface area contributed by atoms with Crippen LogP contribution in [0.1, 0.15) is 12.0 Å². The number of hydrogen-bond acceptors (Lipinski definition) is 6. The second-order valence-corrected chi connectivity index (χ2v) is 6.92. The summed E-state index contributed by atoms with van der Waals surface area (Å²) in [5.74, 6) is -2.68. The molecule has 1 heterocycles. The summed E-state index contributed by atoms with van der Waals surface area (Å²) >= 11 is 0. The lowest BCUT2D eigenvalue weighted by Crippen LogP contribution is -2.34. The minimum absolute atomic E-state index is 0.0322. The number of carboxylic acid groups (broad SMARTS) is 2. The van der Waals surface area contributed by atoms with Gasteiger partial charge in [0.25, 0.3) is 0 Å². The fourth-order valence-corrected chi connectivity index (χ4v) is 3.54. The molecule has 2 aromatic rings. The third-order valence-electron chi connectivity index (χ3n) is 4.98. The SMILES string of the molecule is COc1cc2c(cc1OC)N(Oc1cccc(F)c1)CC(C(=CC(=O)O)C(=O)O)CC2. The summed E-state index contributed by atoms with van der Waals surface area (Å²) in [6.45, 7) is 0.0322. The van der Waals surface area contributed by atoms with Crippen LogP contribution < -0.4 is 19.4 Å². The van der Waals surface area contributed by atoms with Crippen LogP contribution in [0.3, 0.4) is 0 Å². The minimum atomic E-state index is -1.35. The van der Waals surface area contributed by atoms with Crippen molar-refractivity contribution in [2.24, 2.45) is 5.92 Å². The van der Waals surface area contributed by atoms with E-state index in [9.17, 15) is 19.1 Å². The first kappa shape index (κ1) is 21.9. The average molecular weight is 431 g/mol. The Balaban J connectivity index is 2.07. The van der Waals surface area contributed by atoms with Crippen LogP contribution in [0.5, 0.6) is 17.2 Å². The summed E-state index contributed by atoms with van der Waals surface area (Å²) in [5.41, 5.74) is 1.13. The van der Waals surface area contributed by atoms with E-state index in [-0.39, 0.29) is 17.9 Å². The quantitative estimate of drug-likeness (QED) is 0.644. The summed E-state index contributed by atoms with van der Waals surface area (Å²) < 4.78 is 24.4. The molecule has 8 nitrogen and oxygen atoms in total. The molecule has 0 amide bonds. The van der Waals surface area contributed by atoms with Crippen LogP contribution in [0.2, 0.25) is 0 Å². The zero-order chi connectivity index (χ0) is 22.5. The molecule has 0 radical (unpaired) electrons. The van der Waals surface area contributed by atoms with Crippen LogP contribution in [0.25, 0.3) is 0 Å². The fraction of sp³-hybridized carbons (Fsp3) is 0.273. The topological polar surface area (TPSA) is 106 Å². The van der Waals surface area contributed by atoms with Crippen molar-refractivity contribution >= 4 is 17.6 Å². The van der Waals surface area contributed by atoms with Gasteiger partial charge in [0, 0.05) is 29.7 Å². The standard InChI is InChI=1S/C22H22FNO7/c1-29-19-8-13-6-7-14(17(22(27)28)10-21(25)26)12-24(18(13)11-20(19)30-2)31-16-5-3-4-15(23)9-16/h3-5,8-11,14H,6-7,12H2,1-2H3,(H,25,26)(H,27,28). The van der Waals surface area contributed by atoms with Crippen LogP contribution in [0.4, 0.5) is 10.1 Å². The molecule has 1 aliphatic heterocycles. The van der Waals surface area contributed by atoms with Gasteiger partial charge in [0.05, 0.1) is 26.5 Å². The van der Waals surface area contributed by atoms with E-state index < -0.39 is 23.7 Å². The van der Waals surface area contributed by atoms with Crippen molar-refractivity contribution < 1.29 is 38.5 Å². The number of anilines is 1. The predicted octanol–water partition coefficient (Wildman–Crippen LogP) is 3.30. The molecule has 164 valence electrons. The van der Waals surface area contributed by atoms with Gasteiger partial charge in [-0.25, -0.2) is 19.0 Å². The Hall–Kier alpha value is -3.75. The van der Waals surface area contributed by atoms with Gasteiger partial charge in [-0.15, -0.1) is 0 Å². The zero-order valence-corrected chi connectivity index (χ0v) is 17.0. The molecule has 1 atom stereocenters. The Morgan fingerprint density at radius 1 is 1.13 bits per heavy atom. The Morgan fingerprint density at radius 2 is 1.84 bits per heavy atom. The zero-order valence-electron chi connectivity index (χ0n) is 17.0. The molecule has 0 fully saturated rings. The third-order valence-corrected chi connectivity index (χ3v) is 4.98. The van der Waals surface area contributed by atoms with Crippen molar-refractivity contribution in [1.82, 2.24) is 0 Å². The van der Waals surface area contributed by atoms with E-state index in [1.54, 1.807) is 18.2 Å². The summed E-state index contributed by atoms with van der Waals surface area (Å²) in [4.78, 5) is 28.8. The van der Waals surface area contributed by atoms with Crippen molar-refractivity contribution in [3.05, 3.63) is 59.4 Å². The van der Waals surface area contributed by atoms with Crippen molar-refractivity contribution in [2.75, 3.05) is 25.8 Å². The van der Waals surface area contributed by atoms with E-state index in [1.165, 1.54) is 37.5 Å². The van der Waals surface area contributed by atoms with Gasteiger partial charge in [-0.05, 0) is 36.6 Å². The summed E-state index contributed by atoms with van der Waals surface area (Å²) in [6.07, 6.45) is 1.50. The van der Waals surface area contributed by atoms with Crippen LogP contribution in [0.15, 0.2) is 48.0 Å². The number of aryl methyl sites for hydroxylation is 1. The van der Waals surface area contributed by atoms with Crippen molar-refractivity contribution in [2.45, 2.75) is 12.8 Å². The smallest absolute Gasteiger partial charge is 0.332 e. The third kappa shape index (κ3) is 5.06. The Morgan fingerprint density at radius 3 is 2.45 bits per heavy atom. The Kier molecular flexibility index (Phi) is 6.64. The first-order chi connectivity index (χ1) is 14.8. The predicted molar refractivity (Wildman–Crippen MR) is 109 cm³/mol. The molecule has 0 saturated carbocycles. The van der Waals surface area contributed by atoms with Gasteiger partial charge in [-0.3, -0.25) is 0 Å². The second kappa shape index (κ2) is 9.38. The normalized spacial score (nSPS) is 16.2. The highest BCUT2D eigenvalue weighted by Crippen LogP contribution is 2.39. The summed E-state index contributed by atoms with van der Waals surface area (Å²) in [5, 5.41) is 20.1. The van der Waals surface area contributed by atoms with E-state index in [0.717, 1.165) is 5.56 Å². The van der Waals surface area contributed by atoms with Crippen molar-refractivity contribution in [1.29, 1.82) is 0 Å². The highest BCUT2D eigenvalue weighted by Gasteiger charge is 2.30. The van der Waals surface area contributed by atoms with Gasteiger partial charge in [0.2, 0.25) is 0 Å². The maximum absolute atomic E-state index is 13.7. The van der Waals surface area contributed by atoms with E-state index >= 15 is 0 Å². The number of hydroxylamine groups is 1. The summed E-state index contributed by atoms with van der Waals surface area (Å²) in [7, 11) is 2.99. The number of ether oxygens (including phenoxy) is 2. The van der Waals surface area contributed by atoms with Gasteiger partial charge in [-0.1, -0.05) is 6.07 Å². The molecule has 0 aromatic heterocycles.